The molecule has 1 aliphatic rings. The Labute approximate surface area is 62.8 Å². The standard InChI is InChI=1S/C6H5N5/c1-2-4-7-6-5(3-1)8-10-11-9-6/h1-4H,(H,7,9,10). The van der Waals surface area contributed by atoms with E-state index >= 15 is 0 Å². The van der Waals surface area contributed by atoms with Gasteiger partial charge in [-0.2, -0.15) is 0 Å². The number of hydrogen-bond donors (Lipinski definition) is 1. The maximum atomic E-state index is 3.77. The van der Waals surface area contributed by atoms with E-state index in [4.69, 9.17) is 0 Å². The van der Waals surface area contributed by atoms with Crippen LogP contribution in [0, 0.1) is 0 Å². The molecule has 1 aromatic heterocycles. The minimum absolute atomic E-state index is 0.630. The minimum Gasteiger partial charge on any atom is -0.343 e. The quantitative estimate of drug-likeness (QED) is 0.568. The van der Waals surface area contributed by atoms with E-state index in [2.05, 4.69) is 25.9 Å². The van der Waals surface area contributed by atoms with Crippen molar-refractivity contribution < 1.29 is 0 Å². The first-order valence-corrected chi connectivity index (χ1v) is 3.12. The van der Waals surface area contributed by atoms with Gasteiger partial charge in [-0.25, -0.2) is 0 Å². The maximum Gasteiger partial charge on any atom is 0.182 e. The predicted octanol–water partition coefficient (Wildman–Crippen LogP) is 0.219. The Morgan fingerprint density at radius 2 is 2.00 bits per heavy atom. The summed E-state index contributed by atoms with van der Waals surface area (Å²) in [6.07, 6.45) is 7.28. The van der Waals surface area contributed by atoms with Gasteiger partial charge in [-0.05, 0) is 22.6 Å². The van der Waals surface area contributed by atoms with E-state index in [0.29, 0.717) is 11.5 Å². The molecule has 0 saturated heterocycles. The molecule has 1 N–H and O–H groups in total. The van der Waals surface area contributed by atoms with Crippen molar-refractivity contribution in [3.63, 3.8) is 0 Å². The molecule has 1 aliphatic heterocycles. The van der Waals surface area contributed by atoms with Crippen LogP contribution in [0.25, 0.3) is 6.08 Å². The third-order valence-electron chi connectivity index (χ3n) is 1.26. The molecular weight excluding hydrogens is 142 g/mol. The Hall–Kier alpha value is -1.78. The number of nitrogens with zero attached hydrogens (tertiary/aromatic N) is 4. The molecular formula is C6H5N5. The second-order valence-corrected chi connectivity index (χ2v) is 1.98. The molecule has 0 fully saturated rings. The van der Waals surface area contributed by atoms with Crippen LogP contribution in [0.2, 0.25) is 0 Å². The van der Waals surface area contributed by atoms with Gasteiger partial charge in [0.1, 0.15) is 5.69 Å². The summed E-state index contributed by atoms with van der Waals surface area (Å²) in [5.74, 6) is 0.630. The average molecular weight is 147 g/mol. The lowest BCUT2D eigenvalue weighted by Crippen LogP contribution is -2.00. The Bertz CT molecular complexity index is 317. The predicted molar refractivity (Wildman–Crippen MR) is 39.4 cm³/mol. The van der Waals surface area contributed by atoms with Gasteiger partial charge in [-0.1, -0.05) is 6.08 Å². The van der Waals surface area contributed by atoms with Crippen molar-refractivity contribution in [1.29, 1.82) is 0 Å². The maximum absolute atomic E-state index is 3.77. The van der Waals surface area contributed by atoms with Crippen LogP contribution in [0.15, 0.2) is 18.4 Å². The Morgan fingerprint density at radius 1 is 1.09 bits per heavy atom. The Balaban J connectivity index is 2.52. The first-order chi connectivity index (χ1) is 5.47. The van der Waals surface area contributed by atoms with Gasteiger partial charge in [0.25, 0.3) is 0 Å². The van der Waals surface area contributed by atoms with Gasteiger partial charge in [0.2, 0.25) is 0 Å². The molecule has 11 heavy (non-hydrogen) atoms. The SMILES string of the molecule is C1=CNc2nnnnc2C=C1. The van der Waals surface area contributed by atoms with E-state index in [-0.39, 0.29) is 0 Å². The first-order valence-electron chi connectivity index (χ1n) is 3.12. The number of rotatable bonds is 0. The molecule has 0 aliphatic carbocycles. The fourth-order valence-electron chi connectivity index (χ4n) is 0.776. The lowest BCUT2D eigenvalue weighted by Gasteiger charge is -1.96. The molecule has 0 unspecified atom stereocenters. The topological polar surface area (TPSA) is 63.6 Å². The summed E-state index contributed by atoms with van der Waals surface area (Å²) in [6, 6.07) is 0. The van der Waals surface area contributed by atoms with Crippen molar-refractivity contribution in [2.24, 2.45) is 0 Å². The Kier molecular flexibility index (Phi) is 1.33. The molecule has 2 heterocycles. The van der Waals surface area contributed by atoms with Crippen LogP contribution in [0.5, 0.6) is 0 Å². The van der Waals surface area contributed by atoms with E-state index in [1.54, 1.807) is 6.20 Å². The van der Waals surface area contributed by atoms with E-state index in [1.807, 2.05) is 18.2 Å². The third kappa shape index (κ3) is 1.07. The van der Waals surface area contributed by atoms with Gasteiger partial charge in [0.05, 0.1) is 0 Å². The summed E-state index contributed by atoms with van der Waals surface area (Å²) in [5, 5.41) is 17.2. The van der Waals surface area contributed by atoms with Crippen LogP contribution in [0.1, 0.15) is 5.69 Å². The molecule has 0 radical (unpaired) electrons. The van der Waals surface area contributed by atoms with Crippen LogP contribution in [-0.2, 0) is 0 Å². The highest BCUT2D eigenvalue weighted by Crippen LogP contribution is 2.10. The molecule has 0 amide bonds. The zero-order chi connectivity index (χ0) is 7.52. The molecule has 0 saturated carbocycles. The van der Waals surface area contributed by atoms with Crippen LogP contribution >= 0.6 is 0 Å². The molecule has 0 spiro atoms. The molecule has 0 aromatic carbocycles. The monoisotopic (exact) mass is 147 g/mol. The summed E-state index contributed by atoms with van der Waals surface area (Å²) in [4.78, 5) is 0. The molecule has 0 bridgehead atoms. The number of allylic oxidation sites excluding steroid dienone is 2. The molecule has 5 nitrogen and oxygen atoms in total. The summed E-state index contributed by atoms with van der Waals surface area (Å²) in [6.45, 7) is 0. The summed E-state index contributed by atoms with van der Waals surface area (Å²) >= 11 is 0. The lowest BCUT2D eigenvalue weighted by atomic mass is 10.4. The van der Waals surface area contributed by atoms with E-state index in [9.17, 15) is 0 Å². The smallest absolute Gasteiger partial charge is 0.182 e. The van der Waals surface area contributed by atoms with Crippen LogP contribution < -0.4 is 5.32 Å². The van der Waals surface area contributed by atoms with Crippen LogP contribution in [0.4, 0.5) is 5.82 Å². The highest BCUT2D eigenvalue weighted by atomic mass is 15.4. The first kappa shape index (κ1) is 5.96. The average Bonchev–Trinajstić information content (AvgIpc) is 2.28. The van der Waals surface area contributed by atoms with E-state index in [0.717, 1.165) is 0 Å². The third-order valence-corrected chi connectivity index (χ3v) is 1.26. The van der Waals surface area contributed by atoms with Gasteiger partial charge in [0.15, 0.2) is 5.82 Å². The van der Waals surface area contributed by atoms with Crippen molar-refractivity contribution in [1.82, 2.24) is 20.6 Å². The Morgan fingerprint density at radius 3 is 3.00 bits per heavy atom. The normalized spacial score (nSPS) is 13.5. The zero-order valence-corrected chi connectivity index (χ0v) is 5.60. The molecule has 0 atom stereocenters. The second-order valence-electron chi connectivity index (χ2n) is 1.98. The van der Waals surface area contributed by atoms with E-state index in [1.165, 1.54) is 0 Å². The number of anilines is 1. The second kappa shape index (κ2) is 2.45. The number of aromatic nitrogens is 4. The minimum atomic E-state index is 0.630. The summed E-state index contributed by atoms with van der Waals surface area (Å²) in [5.41, 5.74) is 0.699. The molecule has 2 rings (SSSR count). The van der Waals surface area contributed by atoms with Crippen molar-refractivity contribution in [2.75, 3.05) is 5.32 Å². The molecule has 1 aromatic rings. The fourth-order valence-corrected chi connectivity index (χ4v) is 0.776. The lowest BCUT2D eigenvalue weighted by molar-refractivity contribution is 0.762. The van der Waals surface area contributed by atoms with Crippen LogP contribution in [-0.4, -0.2) is 20.6 Å². The fraction of sp³-hybridized carbons (Fsp3) is 0. The van der Waals surface area contributed by atoms with Gasteiger partial charge in [-0.15, -0.1) is 10.2 Å². The van der Waals surface area contributed by atoms with Crippen molar-refractivity contribution in [2.45, 2.75) is 0 Å². The van der Waals surface area contributed by atoms with Gasteiger partial charge in [-0.3, -0.25) is 0 Å². The van der Waals surface area contributed by atoms with Gasteiger partial charge in [0, 0.05) is 6.20 Å². The summed E-state index contributed by atoms with van der Waals surface area (Å²) < 4.78 is 0. The summed E-state index contributed by atoms with van der Waals surface area (Å²) in [7, 11) is 0. The zero-order valence-electron chi connectivity index (χ0n) is 5.60. The van der Waals surface area contributed by atoms with Crippen molar-refractivity contribution >= 4 is 11.9 Å². The largest absolute Gasteiger partial charge is 0.343 e. The van der Waals surface area contributed by atoms with Crippen LogP contribution in [0.3, 0.4) is 0 Å². The molecule has 54 valence electrons. The number of fused-ring (bicyclic) bond motifs is 1. The highest BCUT2D eigenvalue weighted by Gasteiger charge is 2.01. The number of hydrogen-bond acceptors (Lipinski definition) is 5. The molecule has 5 heteroatoms. The van der Waals surface area contributed by atoms with Gasteiger partial charge < -0.3 is 5.32 Å². The van der Waals surface area contributed by atoms with E-state index < -0.39 is 0 Å². The van der Waals surface area contributed by atoms with Crippen molar-refractivity contribution in [3.05, 3.63) is 24.0 Å². The number of nitrogens with one attached hydrogen (secondary N) is 1. The highest BCUT2D eigenvalue weighted by molar-refractivity contribution is 5.62. The van der Waals surface area contributed by atoms with Crippen molar-refractivity contribution in [3.8, 4) is 0 Å². The van der Waals surface area contributed by atoms with Gasteiger partial charge >= 0.3 is 0 Å².